The first-order valence-corrected chi connectivity index (χ1v) is 9.29. The van der Waals surface area contributed by atoms with Crippen molar-refractivity contribution in [2.45, 2.75) is 4.90 Å². The lowest BCUT2D eigenvalue weighted by Gasteiger charge is -2.10. The second kappa shape index (κ2) is 6.46. The van der Waals surface area contributed by atoms with Crippen LogP contribution in [0.15, 0.2) is 41.6 Å². The van der Waals surface area contributed by atoms with E-state index in [2.05, 4.69) is 15.3 Å². The summed E-state index contributed by atoms with van der Waals surface area (Å²) in [5.74, 6) is -0.418. The number of benzene rings is 2. The number of hydrogen-bond acceptors (Lipinski definition) is 7. The summed E-state index contributed by atoms with van der Waals surface area (Å²) in [5.41, 5.74) is 0.00275. The van der Waals surface area contributed by atoms with E-state index in [0.717, 1.165) is 24.5 Å². The van der Waals surface area contributed by atoms with Crippen molar-refractivity contribution in [3.05, 3.63) is 57.6 Å². The highest BCUT2D eigenvalue weighted by Gasteiger charge is 2.24. The molecule has 0 aliphatic heterocycles. The van der Waals surface area contributed by atoms with Crippen LogP contribution in [0.3, 0.4) is 0 Å². The third kappa shape index (κ3) is 3.41. The van der Waals surface area contributed by atoms with Crippen LogP contribution in [0, 0.1) is 15.9 Å². The van der Waals surface area contributed by atoms with Crippen LogP contribution in [0.2, 0.25) is 5.02 Å². The molecule has 0 aliphatic rings. The minimum atomic E-state index is -3.83. The minimum absolute atomic E-state index is 0.112. The third-order valence-electron chi connectivity index (χ3n) is 3.49. The lowest BCUT2D eigenvalue weighted by molar-refractivity contribution is -0.387. The van der Waals surface area contributed by atoms with Crippen molar-refractivity contribution >= 4 is 49.5 Å². The molecule has 3 aromatic rings. The van der Waals surface area contributed by atoms with Crippen molar-refractivity contribution < 1.29 is 17.7 Å². The standard InChI is InChI=1S/C15H10ClFN4O4S/c1-26(24,25)14-6-12-9(5-13(14)21(22)23)15(19-7-18-12)20-8-2-3-11(17)10(16)4-8/h2-7H,1H3,(H,18,19,20). The zero-order chi connectivity index (χ0) is 19.1. The van der Waals surface area contributed by atoms with E-state index in [1.54, 1.807) is 0 Å². The zero-order valence-corrected chi connectivity index (χ0v) is 14.7. The molecular weight excluding hydrogens is 387 g/mol. The molecule has 3 rings (SSSR count). The van der Waals surface area contributed by atoms with E-state index < -0.39 is 31.2 Å². The van der Waals surface area contributed by atoms with Gasteiger partial charge in [-0.1, -0.05) is 11.6 Å². The number of nitro groups is 1. The second-order valence-electron chi connectivity index (χ2n) is 5.34. The molecule has 0 amide bonds. The fourth-order valence-corrected chi connectivity index (χ4v) is 3.34. The fourth-order valence-electron chi connectivity index (χ4n) is 2.32. The van der Waals surface area contributed by atoms with Crippen molar-refractivity contribution in [2.24, 2.45) is 0 Å². The highest BCUT2D eigenvalue weighted by molar-refractivity contribution is 7.90. The van der Waals surface area contributed by atoms with Crippen molar-refractivity contribution in [1.82, 2.24) is 9.97 Å². The predicted octanol–water partition coefficient (Wildman–Crippen LogP) is 3.48. The van der Waals surface area contributed by atoms with Crippen molar-refractivity contribution in [1.29, 1.82) is 0 Å². The molecule has 0 atom stereocenters. The van der Waals surface area contributed by atoms with Gasteiger partial charge in [-0.15, -0.1) is 0 Å². The molecule has 0 aliphatic carbocycles. The normalized spacial score (nSPS) is 11.5. The Labute approximate surface area is 151 Å². The van der Waals surface area contributed by atoms with E-state index in [9.17, 15) is 22.9 Å². The molecule has 26 heavy (non-hydrogen) atoms. The van der Waals surface area contributed by atoms with E-state index in [1.807, 2.05) is 0 Å². The molecule has 0 saturated heterocycles. The van der Waals surface area contributed by atoms with Gasteiger partial charge in [0.2, 0.25) is 0 Å². The summed E-state index contributed by atoms with van der Waals surface area (Å²) in [6.45, 7) is 0. The molecule has 134 valence electrons. The Kier molecular flexibility index (Phi) is 4.46. The van der Waals surface area contributed by atoms with E-state index in [-0.39, 0.29) is 21.7 Å². The van der Waals surface area contributed by atoms with Gasteiger partial charge in [0.25, 0.3) is 5.69 Å². The average molecular weight is 397 g/mol. The summed E-state index contributed by atoms with van der Waals surface area (Å²) in [7, 11) is -3.83. The van der Waals surface area contributed by atoms with Gasteiger partial charge in [0.05, 0.1) is 15.5 Å². The van der Waals surface area contributed by atoms with Gasteiger partial charge in [0.15, 0.2) is 9.84 Å². The molecule has 1 N–H and O–H groups in total. The van der Waals surface area contributed by atoms with E-state index in [4.69, 9.17) is 11.6 Å². The number of nitrogens with one attached hydrogen (secondary N) is 1. The van der Waals surface area contributed by atoms with Crippen LogP contribution in [0.1, 0.15) is 0 Å². The second-order valence-corrected chi connectivity index (χ2v) is 7.73. The van der Waals surface area contributed by atoms with Crippen LogP contribution in [0.5, 0.6) is 0 Å². The van der Waals surface area contributed by atoms with Crippen LogP contribution in [0.4, 0.5) is 21.6 Å². The first kappa shape index (κ1) is 18.0. The number of nitrogens with zero attached hydrogens (tertiary/aromatic N) is 3. The fraction of sp³-hybridized carbons (Fsp3) is 0.0667. The smallest absolute Gasteiger partial charge is 0.288 e. The Morgan fingerprint density at radius 3 is 2.58 bits per heavy atom. The Morgan fingerprint density at radius 1 is 1.23 bits per heavy atom. The number of nitro benzene ring substituents is 1. The van der Waals surface area contributed by atoms with Crippen LogP contribution < -0.4 is 5.32 Å². The molecule has 8 nitrogen and oxygen atoms in total. The van der Waals surface area contributed by atoms with Gasteiger partial charge in [-0.05, 0) is 24.3 Å². The van der Waals surface area contributed by atoms with Gasteiger partial charge in [0, 0.05) is 23.4 Å². The van der Waals surface area contributed by atoms with Crippen molar-refractivity contribution in [3.63, 3.8) is 0 Å². The molecule has 1 aromatic heterocycles. The lowest BCUT2D eigenvalue weighted by Crippen LogP contribution is -2.04. The maximum absolute atomic E-state index is 13.3. The van der Waals surface area contributed by atoms with Crippen LogP contribution >= 0.6 is 11.6 Å². The van der Waals surface area contributed by atoms with E-state index in [0.29, 0.717) is 5.69 Å². The molecule has 0 fully saturated rings. The van der Waals surface area contributed by atoms with Crippen LogP contribution in [-0.2, 0) is 9.84 Å². The maximum Gasteiger partial charge on any atom is 0.288 e. The summed E-state index contributed by atoms with van der Waals surface area (Å²) in [6.07, 6.45) is 2.05. The number of aromatic nitrogens is 2. The molecule has 2 aromatic carbocycles. The highest BCUT2D eigenvalue weighted by atomic mass is 35.5. The Morgan fingerprint density at radius 2 is 1.96 bits per heavy atom. The molecule has 11 heteroatoms. The molecular formula is C15H10ClFN4O4S. The van der Waals surface area contributed by atoms with Gasteiger partial charge in [0.1, 0.15) is 22.9 Å². The monoisotopic (exact) mass is 396 g/mol. The molecule has 0 saturated carbocycles. The third-order valence-corrected chi connectivity index (χ3v) is 4.91. The molecule has 0 bridgehead atoms. The molecule has 1 heterocycles. The number of hydrogen-bond donors (Lipinski definition) is 1. The topological polar surface area (TPSA) is 115 Å². The summed E-state index contributed by atoms with van der Waals surface area (Å²) < 4.78 is 36.9. The summed E-state index contributed by atoms with van der Waals surface area (Å²) in [6, 6.07) is 6.09. The van der Waals surface area contributed by atoms with Crippen molar-refractivity contribution in [3.8, 4) is 0 Å². The lowest BCUT2D eigenvalue weighted by atomic mass is 10.2. The van der Waals surface area contributed by atoms with Crippen LogP contribution in [-0.4, -0.2) is 29.6 Å². The SMILES string of the molecule is CS(=O)(=O)c1cc2ncnc(Nc3ccc(F)c(Cl)c3)c2cc1[N+](=O)[O-]. The summed E-state index contributed by atoms with van der Waals surface area (Å²) in [5, 5.41) is 14.3. The predicted molar refractivity (Wildman–Crippen MR) is 94.0 cm³/mol. The average Bonchev–Trinajstić information content (AvgIpc) is 2.56. The number of halogens is 2. The molecule has 0 radical (unpaired) electrons. The summed E-state index contributed by atoms with van der Waals surface area (Å²) in [4.78, 5) is 18.0. The molecule has 0 unspecified atom stereocenters. The summed E-state index contributed by atoms with van der Waals surface area (Å²) >= 11 is 5.73. The quantitative estimate of drug-likeness (QED) is 0.530. The Balaban J connectivity index is 2.19. The van der Waals surface area contributed by atoms with Gasteiger partial charge >= 0.3 is 0 Å². The largest absolute Gasteiger partial charge is 0.340 e. The number of fused-ring (bicyclic) bond motifs is 1. The van der Waals surface area contributed by atoms with Crippen LogP contribution in [0.25, 0.3) is 10.9 Å². The number of sulfone groups is 1. The molecule has 0 spiro atoms. The minimum Gasteiger partial charge on any atom is -0.340 e. The van der Waals surface area contributed by atoms with Gasteiger partial charge < -0.3 is 5.32 Å². The highest BCUT2D eigenvalue weighted by Crippen LogP contribution is 2.32. The Bertz CT molecular complexity index is 1150. The first-order chi connectivity index (χ1) is 12.2. The van der Waals surface area contributed by atoms with Crippen molar-refractivity contribution in [2.75, 3.05) is 11.6 Å². The number of anilines is 2. The number of rotatable bonds is 4. The van der Waals surface area contributed by atoms with Gasteiger partial charge in [-0.25, -0.2) is 22.8 Å². The van der Waals surface area contributed by atoms with E-state index >= 15 is 0 Å². The van der Waals surface area contributed by atoms with Gasteiger partial charge in [-0.2, -0.15) is 0 Å². The first-order valence-electron chi connectivity index (χ1n) is 7.02. The van der Waals surface area contributed by atoms with E-state index in [1.165, 1.54) is 18.5 Å². The van der Waals surface area contributed by atoms with Gasteiger partial charge in [-0.3, -0.25) is 10.1 Å². The zero-order valence-electron chi connectivity index (χ0n) is 13.1. The Hall–Kier alpha value is -2.85. The maximum atomic E-state index is 13.3.